The van der Waals surface area contributed by atoms with E-state index in [9.17, 15) is 0 Å². The van der Waals surface area contributed by atoms with Crippen LogP contribution in [0.3, 0.4) is 0 Å². The summed E-state index contributed by atoms with van der Waals surface area (Å²) in [4.78, 5) is 0. The van der Waals surface area contributed by atoms with Crippen LogP contribution in [-0.2, 0) is 0 Å². The van der Waals surface area contributed by atoms with Gasteiger partial charge in [-0.1, -0.05) is 0 Å². The fourth-order valence-electron chi connectivity index (χ4n) is 0.442. The van der Waals surface area contributed by atoms with E-state index in [1.165, 1.54) is 19.1 Å². The summed E-state index contributed by atoms with van der Waals surface area (Å²) in [5, 5.41) is 3.11. The minimum absolute atomic E-state index is 1.13. The van der Waals surface area contributed by atoms with E-state index in [4.69, 9.17) is 0 Å². The lowest BCUT2D eigenvalue weighted by Crippen LogP contribution is -2.07. The SMILES string of the molecule is CNCCCPC. The highest BCUT2D eigenvalue weighted by atomic mass is 31.1. The minimum Gasteiger partial charge on any atom is -0.320 e. The van der Waals surface area contributed by atoms with Gasteiger partial charge in [0.1, 0.15) is 0 Å². The normalized spacial score (nSPS) is 11.1. The van der Waals surface area contributed by atoms with Gasteiger partial charge in [-0.2, -0.15) is 0 Å². The fourth-order valence-corrected chi connectivity index (χ4v) is 0.972. The van der Waals surface area contributed by atoms with Crippen LogP contribution in [-0.4, -0.2) is 26.4 Å². The van der Waals surface area contributed by atoms with Gasteiger partial charge in [0.05, 0.1) is 0 Å². The first kappa shape index (κ1) is 7.39. The van der Waals surface area contributed by atoms with Crippen molar-refractivity contribution < 1.29 is 0 Å². The lowest BCUT2D eigenvalue weighted by molar-refractivity contribution is 0.777. The molecule has 44 valence electrons. The van der Waals surface area contributed by atoms with Gasteiger partial charge in [-0.25, -0.2) is 0 Å². The van der Waals surface area contributed by atoms with Crippen molar-refractivity contribution in [1.82, 2.24) is 5.32 Å². The molecule has 0 aliphatic carbocycles. The highest BCUT2D eigenvalue weighted by molar-refractivity contribution is 7.36. The van der Waals surface area contributed by atoms with Gasteiger partial charge in [0.25, 0.3) is 0 Å². The molecule has 0 aliphatic heterocycles. The van der Waals surface area contributed by atoms with Crippen molar-refractivity contribution in [3.05, 3.63) is 0 Å². The van der Waals surface area contributed by atoms with Crippen LogP contribution in [0.15, 0.2) is 0 Å². The van der Waals surface area contributed by atoms with Gasteiger partial charge in [-0.3, -0.25) is 0 Å². The molecular weight excluding hydrogens is 105 g/mol. The predicted octanol–water partition coefficient (Wildman–Crippen LogP) is 0.904. The Balaban J connectivity index is 2.45. The lowest BCUT2D eigenvalue weighted by Gasteiger charge is -1.93. The van der Waals surface area contributed by atoms with Crippen LogP contribution < -0.4 is 5.32 Å². The van der Waals surface area contributed by atoms with E-state index in [1.54, 1.807) is 0 Å². The molecule has 1 unspecified atom stereocenters. The average Bonchev–Trinajstić information content (AvgIpc) is 1.69. The molecule has 1 N–H and O–H groups in total. The molecule has 0 aromatic rings. The van der Waals surface area contributed by atoms with E-state index in [2.05, 4.69) is 12.0 Å². The van der Waals surface area contributed by atoms with E-state index in [-0.39, 0.29) is 0 Å². The summed E-state index contributed by atoms with van der Waals surface area (Å²) in [5.41, 5.74) is 0. The molecule has 1 atom stereocenters. The Hall–Kier alpha value is 0.390. The molecule has 0 aromatic heterocycles. The summed E-state index contributed by atoms with van der Waals surface area (Å²) in [6.07, 6.45) is 2.73. The summed E-state index contributed by atoms with van der Waals surface area (Å²) in [7, 11) is 3.13. The van der Waals surface area contributed by atoms with E-state index in [1.807, 2.05) is 7.05 Å². The molecule has 0 heterocycles. The van der Waals surface area contributed by atoms with E-state index >= 15 is 0 Å². The van der Waals surface area contributed by atoms with E-state index in [0.717, 1.165) is 8.58 Å². The minimum atomic E-state index is 1.13. The van der Waals surface area contributed by atoms with Gasteiger partial charge in [0.2, 0.25) is 0 Å². The molecule has 0 saturated heterocycles. The molecule has 0 amide bonds. The molecule has 1 nitrogen and oxygen atoms in total. The predicted molar refractivity (Wildman–Crippen MR) is 37.6 cm³/mol. The summed E-state index contributed by atoms with van der Waals surface area (Å²) >= 11 is 0. The Morgan fingerprint density at radius 2 is 2.29 bits per heavy atom. The Bertz CT molecular complexity index is 27.3. The summed E-state index contributed by atoms with van der Waals surface area (Å²) in [5.74, 6) is 0. The number of hydrogen-bond donors (Lipinski definition) is 1. The van der Waals surface area contributed by atoms with Crippen molar-refractivity contribution >= 4 is 8.58 Å². The van der Waals surface area contributed by atoms with Crippen LogP contribution in [0, 0.1) is 0 Å². The van der Waals surface area contributed by atoms with Gasteiger partial charge >= 0.3 is 0 Å². The second-order valence-corrected chi connectivity index (χ2v) is 2.77. The highest BCUT2D eigenvalue weighted by Crippen LogP contribution is 2.01. The molecule has 0 aliphatic rings. The molecule has 0 rings (SSSR count). The highest BCUT2D eigenvalue weighted by Gasteiger charge is 1.78. The van der Waals surface area contributed by atoms with Gasteiger partial charge in [-0.05, 0) is 32.8 Å². The molecule has 2 heteroatoms. The molecule has 0 bridgehead atoms. The maximum absolute atomic E-state index is 3.11. The monoisotopic (exact) mass is 119 g/mol. The van der Waals surface area contributed by atoms with E-state index < -0.39 is 0 Å². The Morgan fingerprint density at radius 1 is 1.57 bits per heavy atom. The number of rotatable bonds is 4. The second-order valence-electron chi connectivity index (χ2n) is 1.56. The van der Waals surface area contributed by atoms with Gasteiger partial charge in [0.15, 0.2) is 0 Å². The zero-order chi connectivity index (χ0) is 5.54. The molecule has 0 aromatic carbocycles. The smallest absolute Gasteiger partial charge is 0.00487 e. The molecule has 7 heavy (non-hydrogen) atoms. The maximum atomic E-state index is 3.11. The third-order valence-electron chi connectivity index (χ3n) is 0.854. The zero-order valence-electron chi connectivity index (χ0n) is 5.12. The quantitative estimate of drug-likeness (QED) is 0.428. The fraction of sp³-hybridized carbons (Fsp3) is 1.00. The topological polar surface area (TPSA) is 12.0 Å². The standard InChI is InChI=1S/C5H14NP/c1-6-4-3-5-7-2/h6-7H,3-5H2,1-2H3. The van der Waals surface area contributed by atoms with Crippen molar-refractivity contribution in [2.24, 2.45) is 0 Å². The van der Waals surface area contributed by atoms with Crippen molar-refractivity contribution in [3.8, 4) is 0 Å². The first-order valence-electron chi connectivity index (χ1n) is 2.71. The van der Waals surface area contributed by atoms with Crippen LogP contribution >= 0.6 is 8.58 Å². The lowest BCUT2D eigenvalue weighted by atomic mass is 10.5. The first-order valence-corrected chi connectivity index (χ1v) is 4.41. The van der Waals surface area contributed by atoms with Gasteiger partial charge in [0, 0.05) is 0 Å². The van der Waals surface area contributed by atoms with Crippen LogP contribution in [0.2, 0.25) is 0 Å². The third kappa shape index (κ3) is 6.39. The Morgan fingerprint density at radius 3 is 2.71 bits per heavy atom. The van der Waals surface area contributed by atoms with Crippen LogP contribution in [0.1, 0.15) is 6.42 Å². The largest absolute Gasteiger partial charge is 0.320 e. The van der Waals surface area contributed by atoms with Crippen molar-refractivity contribution in [2.45, 2.75) is 6.42 Å². The molecule has 0 radical (unpaired) electrons. The molecular formula is C5H14NP. The molecule has 0 saturated carbocycles. The third-order valence-corrected chi connectivity index (χ3v) is 1.71. The number of hydrogen-bond acceptors (Lipinski definition) is 1. The second kappa shape index (κ2) is 6.39. The van der Waals surface area contributed by atoms with Crippen LogP contribution in [0.5, 0.6) is 0 Å². The van der Waals surface area contributed by atoms with E-state index in [0.29, 0.717) is 0 Å². The van der Waals surface area contributed by atoms with Crippen molar-refractivity contribution in [3.63, 3.8) is 0 Å². The summed E-state index contributed by atoms with van der Waals surface area (Å²) in [6.45, 7) is 3.43. The van der Waals surface area contributed by atoms with Gasteiger partial charge < -0.3 is 5.32 Å². The average molecular weight is 119 g/mol. The van der Waals surface area contributed by atoms with Crippen LogP contribution in [0.25, 0.3) is 0 Å². The van der Waals surface area contributed by atoms with Gasteiger partial charge in [-0.15, -0.1) is 8.58 Å². The summed E-state index contributed by atoms with van der Waals surface area (Å²) in [6, 6.07) is 0. The molecule has 0 fully saturated rings. The van der Waals surface area contributed by atoms with Crippen molar-refractivity contribution in [1.29, 1.82) is 0 Å². The Kier molecular flexibility index (Phi) is 6.75. The Labute approximate surface area is 47.7 Å². The first-order chi connectivity index (χ1) is 3.41. The zero-order valence-corrected chi connectivity index (χ0v) is 6.12. The number of nitrogens with one attached hydrogen (secondary N) is 1. The van der Waals surface area contributed by atoms with Crippen molar-refractivity contribution in [2.75, 3.05) is 26.4 Å². The maximum Gasteiger partial charge on any atom is -0.00487 e. The van der Waals surface area contributed by atoms with Crippen LogP contribution in [0.4, 0.5) is 0 Å². The molecule has 0 spiro atoms. The summed E-state index contributed by atoms with van der Waals surface area (Å²) < 4.78 is 0.